The van der Waals surface area contributed by atoms with E-state index in [0.717, 1.165) is 41.0 Å². The number of hydrogen-bond donors (Lipinski definition) is 1. The first-order valence-corrected chi connectivity index (χ1v) is 6.92. The highest BCUT2D eigenvalue weighted by atomic mass is 16.5. The normalized spacial score (nSPS) is 12.4. The maximum atomic E-state index is 10.5. The van der Waals surface area contributed by atoms with Gasteiger partial charge in [-0.2, -0.15) is 5.10 Å². The average molecular weight is 274 g/mol. The second kappa shape index (κ2) is 6.09. The highest BCUT2D eigenvalue weighted by Gasteiger charge is 2.16. The fourth-order valence-electron chi connectivity index (χ4n) is 2.38. The number of nitrogens with zero attached hydrogens (tertiary/aromatic N) is 2. The number of ether oxygens (including phenoxy) is 1. The van der Waals surface area contributed by atoms with Gasteiger partial charge in [-0.25, -0.2) is 0 Å². The van der Waals surface area contributed by atoms with Crippen molar-refractivity contribution in [3.05, 3.63) is 46.8 Å². The highest BCUT2D eigenvalue weighted by molar-refractivity contribution is 5.44. The Balaban J connectivity index is 2.32. The van der Waals surface area contributed by atoms with Crippen molar-refractivity contribution in [2.24, 2.45) is 0 Å². The Morgan fingerprint density at radius 2 is 2.05 bits per heavy atom. The maximum absolute atomic E-state index is 10.5. The molecule has 0 saturated heterocycles. The van der Waals surface area contributed by atoms with Crippen molar-refractivity contribution < 1.29 is 9.84 Å². The molecule has 0 saturated carbocycles. The van der Waals surface area contributed by atoms with E-state index in [1.54, 1.807) is 13.3 Å². The van der Waals surface area contributed by atoms with E-state index in [1.807, 2.05) is 36.9 Å². The van der Waals surface area contributed by atoms with Crippen LogP contribution in [0.5, 0.6) is 5.75 Å². The SMILES string of the molecule is CCCn1cc(C(O)c2cc(C)c(OC)cc2C)cn1. The van der Waals surface area contributed by atoms with Gasteiger partial charge in [0.25, 0.3) is 0 Å². The van der Waals surface area contributed by atoms with Gasteiger partial charge in [0.15, 0.2) is 0 Å². The molecule has 0 radical (unpaired) electrons. The number of aryl methyl sites for hydroxylation is 3. The van der Waals surface area contributed by atoms with Gasteiger partial charge in [0, 0.05) is 18.3 Å². The summed E-state index contributed by atoms with van der Waals surface area (Å²) in [7, 11) is 1.66. The maximum Gasteiger partial charge on any atom is 0.122 e. The van der Waals surface area contributed by atoms with Crippen molar-refractivity contribution in [1.82, 2.24) is 9.78 Å². The highest BCUT2D eigenvalue weighted by Crippen LogP contribution is 2.29. The van der Waals surface area contributed by atoms with Gasteiger partial charge < -0.3 is 9.84 Å². The standard InChI is InChI=1S/C16H22N2O2/c1-5-6-18-10-13(9-17-18)16(19)14-7-12(3)15(20-4)8-11(14)2/h7-10,16,19H,5-6H2,1-4H3. The summed E-state index contributed by atoms with van der Waals surface area (Å²) in [6.45, 7) is 6.94. The summed E-state index contributed by atoms with van der Waals surface area (Å²) >= 11 is 0. The van der Waals surface area contributed by atoms with Crippen LogP contribution in [0.25, 0.3) is 0 Å². The fourth-order valence-corrected chi connectivity index (χ4v) is 2.38. The minimum atomic E-state index is -0.648. The molecule has 0 spiro atoms. The molecule has 4 nitrogen and oxygen atoms in total. The molecule has 1 unspecified atom stereocenters. The molecule has 0 amide bonds. The van der Waals surface area contributed by atoms with Crippen molar-refractivity contribution in [3.8, 4) is 5.75 Å². The van der Waals surface area contributed by atoms with Gasteiger partial charge in [0.05, 0.1) is 13.3 Å². The minimum Gasteiger partial charge on any atom is -0.496 e. The number of aliphatic hydroxyl groups is 1. The Morgan fingerprint density at radius 3 is 2.70 bits per heavy atom. The third kappa shape index (κ3) is 2.85. The van der Waals surface area contributed by atoms with Gasteiger partial charge in [-0.3, -0.25) is 4.68 Å². The van der Waals surface area contributed by atoms with Gasteiger partial charge in [-0.15, -0.1) is 0 Å². The third-order valence-electron chi connectivity index (χ3n) is 3.50. The van der Waals surface area contributed by atoms with Crippen LogP contribution in [0.3, 0.4) is 0 Å². The van der Waals surface area contributed by atoms with Crippen LogP contribution in [0.1, 0.15) is 41.7 Å². The summed E-state index contributed by atoms with van der Waals surface area (Å²) in [5.74, 6) is 0.847. The number of hydrogen-bond acceptors (Lipinski definition) is 3. The van der Waals surface area contributed by atoms with E-state index in [0.29, 0.717) is 0 Å². The van der Waals surface area contributed by atoms with Crippen molar-refractivity contribution in [1.29, 1.82) is 0 Å². The fraction of sp³-hybridized carbons (Fsp3) is 0.438. The van der Waals surface area contributed by atoms with E-state index < -0.39 is 6.10 Å². The lowest BCUT2D eigenvalue weighted by atomic mass is 9.97. The summed E-state index contributed by atoms with van der Waals surface area (Å²) in [4.78, 5) is 0. The zero-order chi connectivity index (χ0) is 14.7. The molecule has 2 rings (SSSR count). The Hall–Kier alpha value is -1.81. The van der Waals surface area contributed by atoms with Crippen LogP contribution >= 0.6 is 0 Å². The molecule has 4 heteroatoms. The molecule has 108 valence electrons. The van der Waals surface area contributed by atoms with E-state index in [9.17, 15) is 5.11 Å². The van der Waals surface area contributed by atoms with Crippen LogP contribution in [-0.2, 0) is 6.54 Å². The van der Waals surface area contributed by atoms with Crippen LogP contribution in [0.4, 0.5) is 0 Å². The zero-order valence-corrected chi connectivity index (χ0v) is 12.6. The molecular weight excluding hydrogens is 252 g/mol. The van der Waals surface area contributed by atoms with Gasteiger partial charge in [0.2, 0.25) is 0 Å². The third-order valence-corrected chi connectivity index (χ3v) is 3.50. The molecule has 1 aromatic heterocycles. The van der Waals surface area contributed by atoms with Crippen LogP contribution in [-0.4, -0.2) is 22.0 Å². The summed E-state index contributed by atoms with van der Waals surface area (Å²) in [5, 5.41) is 14.8. The predicted molar refractivity (Wildman–Crippen MR) is 79.0 cm³/mol. The van der Waals surface area contributed by atoms with Crippen molar-refractivity contribution in [2.45, 2.75) is 39.8 Å². The van der Waals surface area contributed by atoms with Gasteiger partial charge >= 0.3 is 0 Å². The minimum absolute atomic E-state index is 0.648. The summed E-state index contributed by atoms with van der Waals surface area (Å²) in [6.07, 6.45) is 4.02. The molecule has 1 heterocycles. The second-order valence-corrected chi connectivity index (χ2v) is 5.12. The number of benzene rings is 1. The van der Waals surface area contributed by atoms with Crippen LogP contribution in [0, 0.1) is 13.8 Å². The van der Waals surface area contributed by atoms with E-state index in [-0.39, 0.29) is 0 Å². The zero-order valence-electron chi connectivity index (χ0n) is 12.6. The topological polar surface area (TPSA) is 47.3 Å². The molecule has 0 fully saturated rings. The van der Waals surface area contributed by atoms with Gasteiger partial charge in [-0.1, -0.05) is 6.92 Å². The van der Waals surface area contributed by atoms with Crippen molar-refractivity contribution in [3.63, 3.8) is 0 Å². The molecular formula is C16H22N2O2. The smallest absolute Gasteiger partial charge is 0.122 e. The largest absolute Gasteiger partial charge is 0.496 e. The lowest BCUT2D eigenvalue weighted by Crippen LogP contribution is -2.03. The molecule has 0 aliphatic heterocycles. The molecule has 0 aliphatic carbocycles. The molecule has 1 N–H and O–H groups in total. The Morgan fingerprint density at radius 1 is 1.30 bits per heavy atom. The van der Waals surface area contributed by atoms with E-state index in [2.05, 4.69) is 12.0 Å². The number of methoxy groups -OCH3 is 1. The lowest BCUT2D eigenvalue weighted by Gasteiger charge is -2.15. The molecule has 20 heavy (non-hydrogen) atoms. The van der Waals surface area contributed by atoms with Crippen LogP contribution in [0.2, 0.25) is 0 Å². The predicted octanol–water partition coefficient (Wildman–Crippen LogP) is 3.00. The summed E-state index contributed by atoms with van der Waals surface area (Å²) in [6, 6.07) is 3.94. The second-order valence-electron chi connectivity index (χ2n) is 5.12. The quantitative estimate of drug-likeness (QED) is 0.911. The monoisotopic (exact) mass is 274 g/mol. The molecule has 0 aliphatic rings. The van der Waals surface area contributed by atoms with Crippen LogP contribution in [0.15, 0.2) is 24.5 Å². The number of aliphatic hydroxyl groups excluding tert-OH is 1. The average Bonchev–Trinajstić information content (AvgIpc) is 2.89. The van der Waals surface area contributed by atoms with Crippen LogP contribution < -0.4 is 4.74 Å². The van der Waals surface area contributed by atoms with Gasteiger partial charge in [0.1, 0.15) is 11.9 Å². The molecule has 2 aromatic rings. The Kier molecular flexibility index (Phi) is 4.45. The van der Waals surface area contributed by atoms with E-state index in [4.69, 9.17) is 4.74 Å². The summed E-state index contributed by atoms with van der Waals surface area (Å²) in [5.41, 5.74) is 3.77. The number of aromatic nitrogens is 2. The van der Waals surface area contributed by atoms with Gasteiger partial charge in [-0.05, 0) is 49.1 Å². The first kappa shape index (κ1) is 14.6. The van der Waals surface area contributed by atoms with Crippen molar-refractivity contribution in [2.75, 3.05) is 7.11 Å². The molecule has 0 bridgehead atoms. The molecule has 1 aromatic carbocycles. The van der Waals surface area contributed by atoms with E-state index in [1.165, 1.54) is 0 Å². The van der Waals surface area contributed by atoms with Crippen molar-refractivity contribution >= 4 is 0 Å². The Labute approximate surface area is 120 Å². The first-order chi connectivity index (χ1) is 9.56. The van der Waals surface area contributed by atoms with E-state index >= 15 is 0 Å². The Bertz CT molecular complexity index is 590. The molecule has 1 atom stereocenters. The lowest BCUT2D eigenvalue weighted by molar-refractivity contribution is 0.219. The number of rotatable bonds is 5. The summed E-state index contributed by atoms with van der Waals surface area (Å²) < 4.78 is 7.17. The first-order valence-electron chi connectivity index (χ1n) is 6.92.